The first-order valence-corrected chi connectivity index (χ1v) is 8.96. The lowest BCUT2D eigenvalue weighted by atomic mass is 10.1. The van der Waals surface area contributed by atoms with Crippen LogP contribution in [0, 0.1) is 5.41 Å². The number of fused-ring (bicyclic) bond motifs is 2. The Morgan fingerprint density at radius 3 is 2.79 bits per heavy atom. The van der Waals surface area contributed by atoms with Gasteiger partial charge in [-0.1, -0.05) is 36.4 Å². The summed E-state index contributed by atoms with van der Waals surface area (Å²) in [5.74, 6) is 1.55. The van der Waals surface area contributed by atoms with Crippen LogP contribution in [0.5, 0.6) is 5.75 Å². The minimum Gasteiger partial charge on any atom is -0.509 e. The van der Waals surface area contributed by atoms with Gasteiger partial charge in [-0.15, -0.1) is 0 Å². The third kappa shape index (κ3) is 2.42. The summed E-state index contributed by atoms with van der Waals surface area (Å²) in [5.41, 5.74) is 2.86. The predicted octanol–water partition coefficient (Wildman–Crippen LogP) is 4.49. The highest BCUT2D eigenvalue weighted by Gasteiger charge is 2.32. The zero-order valence-corrected chi connectivity index (χ0v) is 15.2. The molecule has 0 bridgehead atoms. The average molecular weight is 370 g/mol. The standard InChI is InChI=1S/C22H18N4O2/c1-28-14-9-10-16-17(11-14)25-22(24-16)20-19(27)12-26(21(20)23)18-8-4-6-13-5-2-3-7-15(13)18/h2-11,23,27H,12H2,1H3,(H,24,25). The van der Waals surface area contributed by atoms with E-state index in [0.29, 0.717) is 11.4 Å². The Morgan fingerprint density at radius 1 is 1.11 bits per heavy atom. The lowest BCUT2D eigenvalue weighted by Crippen LogP contribution is -2.26. The Bertz CT molecular complexity index is 1270. The SMILES string of the molecule is COc1ccc2nc(C3=C(O)CN(c4cccc5ccccc45)C3=N)[nH]c2c1. The summed E-state index contributed by atoms with van der Waals surface area (Å²) in [7, 11) is 1.61. The van der Waals surface area contributed by atoms with Crippen LogP contribution >= 0.6 is 0 Å². The number of aromatic nitrogens is 2. The van der Waals surface area contributed by atoms with Crippen molar-refractivity contribution in [2.45, 2.75) is 0 Å². The first-order chi connectivity index (χ1) is 13.7. The monoisotopic (exact) mass is 370 g/mol. The second-order valence-corrected chi connectivity index (χ2v) is 6.72. The zero-order chi connectivity index (χ0) is 19.3. The summed E-state index contributed by atoms with van der Waals surface area (Å²) in [6, 6.07) is 19.6. The molecule has 5 rings (SSSR count). The van der Waals surface area contributed by atoms with Crippen LogP contribution in [0.25, 0.3) is 27.4 Å². The van der Waals surface area contributed by atoms with Gasteiger partial charge >= 0.3 is 0 Å². The molecule has 138 valence electrons. The molecule has 1 aliphatic heterocycles. The van der Waals surface area contributed by atoms with Gasteiger partial charge in [0.1, 0.15) is 23.2 Å². The number of nitrogens with zero attached hydrogens (tertiary/aromatic N) is 2. The average Bonchev–Trinajstić information content (AvgIpc) is 3.26. The van der Waals surface area contributed by atoms with Gasteiger partial charge in [0.25, 0.3) is 0 Å². The first kappa shape index (κ1) is 16.4. The maximum absolute atomic E-state index is 10.7. The molecule has 0 atom stereocenters. The van der Waals surface area contributed by atoms with Crippen LogP contribution in [0.4, 0.5) is 5.69 Å². The maximum atomic E-state index is 10.7. The van der Waals surface area contributed by atoms with Crippen molar-refractivity contribution < 1.29 is 9.84 Å². The fourth-order valence-corrected chi connectivity index (χ4v) is 3.71. The van der Waals surface area contributed by atoms with Crippen molar-refractivity contribution in [3.05, 3.63) is 72.2 Å². The lowest BCUT2D eigenvalue weighted by Gasteiger charge is -2.20. The zero-order valence-electron chi connectivity index (χ0n) is 15.2. The van der Waals surface area contributed by atoms with Gasteiger partial charge in [-0.05, 0) is 23.6 Å². The van der Waals surface area contributed by atoms with Crippen molar-refractivity contribution in [2.24, 2.45) is 0 Å². The van der Waals surface area contributed by atoms with Crippen LogP contribution in [0.1, 0.15) is 5.82 Å². The smallest absolute Gasteiger partial charge is 0.145 e. The van der Waals surface area contributed by atoms with Gasteiger partial charge in [-0.3, -0.25) is 5.41 Å². The van der Waals surface area contributed by atoms with E-state index in [1.54, 1.807) is 12.0 Å². The Labute approximate surface area is 161 Å². The van der Waals surface area contributed by atoms with Crippen LogP contribution in [0.2, 0.25) is 0 Å². The molecular formula is C22H18N4O2. The van der Waals surface area contributed by atoms with Crippen molar-refractivity contribution in [2.75, 3.05) is 18.6 Å². The fraction of sp³-hybridized carbons (Fsp3) is 0.0909. The van der Waals surface area contributed by atoms with Gasteiger partial charge in [0.2, 0.25) is 0 Å². The number of imidazole rings is 1. The maximum Gasteiger partial charge on any atom is 0.145 e. The Hall–Kier alpha value is -3.80. The lowest BCUT2D eigenvalue weighted by molar-refractivity contribution is 0.411. The molecule has 28 heavy (non-hydrogen) atoms. The normalized spacial score (nSPS) is 14.5. The number of aliphatic hydroxyl groups is 1. The molecule has 0 unspecified atom stereocenters. The van der Waals surface area contributed by atoms with E-state index in [4.69, 9.17) is 10.1 Å². The molecule has 0 saturated carbocycles. The molecule has 2 heterocycles. The number of aromatic amines is 1. The van der Waals surface area contributed by atoms with Crippen LogP contribution in [-0.4, -0.2) is 34.6 Å². The Kier molecular flexibility index (Phi) is 3.58. The van der Waals surface area contributed by atoms with Gasteiger partial charge in [0.05, 0.1) is 35.9 Å². The predicted molar refractivity (Wildman–Crippen MR) is 111 cm³/mol. The van der Waals surface area contributed by atoms with E-state index in [-0.39, 0.29) is 18.1 Å². The number of hydrogen-bond donors (Lipinski definition) is 3. The van der Waals surface area contributed by atoms with E-state index in [2.05, 4.69) is 9.97 Å². The first-order valence-electron chi connectivity index (χ1n) is 8.96. The topological polar surface area (TPSA) is 85.2 Å². The molecule has 0 fully saturated rings. The third-order valence-corrected chi connectivity index (χ3v) is 5.09. The van der Waals surface area contributed by atoms with Gasteiger partial charge in [0.15, 0.2) is 0 Å². The molecule has 0 amide bonds. The number of ether oxygens (including phenoxy) is 1. The second kappa shape index (κ2) is 6.13. The molecule has 4 aromatic rings. The number of nitrogens with one attached hydrogen (secondary N) is 2. The molecule has 0 spiro atoms. The van der Waals surface area contributed by atoms with Crippen molar-refractivity contribution >= 4 is 38.9 Å². The van der Waals surface area contributed by atoms with Crippen LogP contribution in [-0.2, 0) is 0 Å². The summed E-state index contributed by atoms with van der Waals surface area (Å²) in [4.78, 5) is 9.58. The number of rotatable bonds is 3. The minimum absolute atomic E-state index is 0.129. The highest BCUT2D eigenvalue weighted by molar-refractivity contribution is 6.31. The highest BCUT2D eigenvalue weighted by atomic mass is 16.5. The van der Waals surface area contributed by atoms with Gasteiger partial charge in [-0.2, -0.15) is 0 Å². The molecule has 6 heteroatoms. The molecule has 1 aromatic heterocycles. The number of H-pyrrole nitrogens is 1. The largest absolute Gasteiger partial charge is 0.509 e. The van der Waals surface area contributed by atoms with Crippen LogP contribution < -0.4 is 9.64 Å². The molecule has 0 saturated heterocycles. The van der Waals surface area contributed by atoms with E-state index in [1.807, 2.05) is 60.7 Å². The van der Waals surface area contributed by atoms with E-state index in [9.17, 15) is 5.11 Å². The minimum atomic E-state index is 0.129. The molecule has 0 aliphatic carbocycles. The number of aliphatic hydroxyl groups excluding tert-OH is 1. The van der Waals surface area contributed by atoms with Crippen LogP contribution in [0.3, 0.4) is 0 Å². The number of methoxy groups -OCH3 is 1. The fourth-order valence-electron chi connectivity index (χ4n) is 3.71. The van der Waals surface area contributed by atoms with Gasteiger partial charge < -0.3 is 19.7 Å². The summed E-state index contributed by atoms with van der Waals surface area (Å²) < 4.78 is 5.26. The quantitative estimate of drug-likeness (QED) is 0.496. The van der Waals surface area contributed by atoms with E-state index in [1.165, 1.54) is 0 Å². The summed E-state index contributed by atoms with van der Waals surface area (Å²) >= 11 is 0. The second-order valence-electron chi connectivity index (χ2n) is 6.72. The van der Waals surface area contributed by atoms with Crippen LogP contribution in [0.15, 0.2) is 66.4 Å². The summed E-state index contributed by atoms with van der Waals surface area (Å²) in [5, 5.41) is 21.5. The van der Waals surface area contributed by atoms with E-state index < -0.39 is 0 Å². The van der Waals surface area contributed by atoms with Crippen molar-refractivity contribution in [1.82, 2.24) is 9.97 Å². The molecule has 3 aromatic carbocycles. The summed E-state index contributed by atoms with van der Waals surface area (Å²) in [6.07, 6.45) is 0. The highest BCUT2D eigenvalue weighted by Crippen LogP contribution is 2.34. The van der Waals surface area contributed by atoms with Crippen molar-refractivity contribution in [3.63, 3.8) is 0 Å². The number of benzene rings is 3. The van der Waals surface area contributed by atoms with E-state index >= 15 is 0 Å². The Balaban J connectivity index is 1.57. The molecule has 0 radical (unpaired) electrons. The van der Waals surface area contributed by atoms with Crippen molar-refractivity contribution in [3.8, 4) is 5.75 Å². The molecule has 6 nitrogen and oxygen atoms in total. The van der Waals surface area contributed by atoms with Gasteiger partial charge in [0, 0.05) is 11.5 Å². The number of hydrogen-bond acceptors (Lipinski definition) is 4. The molecular weight excluding hydrogens is 352 g/mol. The van der Waals surface area contributed by atoms with E-state index in [0.717, 1.165) is 33.2 Å². The van der Waals surface area contributed by atoms with Crippen molar-refractivity contribution in [1.29, 1.82) is 5.41 Å². The molecule has 1 aliphatic rings. The number of amidine groups is 1. The third-order valence-electron chi connectivity index (χ3n) is 5.09. The summed E-state index contributed by atoms with van der Waals surface area (Å²) in [6.45, 7) is 0.239. The van der Waals surface area contributed by atoms with Gasteiger partial charge in [-0.25, -0.2) is 4.98 Å². The number of anilines is 1. The molecule has 3 N–H and O–H groups in total. The Morgan fingerprint density at radius 2 is 1.93 bits per heavy atom.